The zero-order valence-electron chi connectivity index (χ0n) is 11.7. The van der Waals surface area contributed by atoms with Crippen LogP contribution in [0.15, 0.2) is 28.9 Å². The highest BCUT2D eigenvalue weighted by atomic mass is 16.3. The minimum Gasteiger partial charge on any atom is -0.464 e. The Bertz CT molecular complexity index is 533. The summed E-state index contributed by atoms with van der Waals surface area (Å²) in [5.41, 5.74) is 3.98. The van der Waals surface area contributed by atoms with Crippen molar-refractivity contribution in [2.45, 2.75) is 52.4 Å². The first-order valence-electron chi connectivity index (χ1n) is 6.22. The van der Waals surface area contributed by atoms with Gasteiger partial charge in [0.05, 0.1) is 6.26 Å². The fraction of sp³-hybridized carbons (Fsp3) is 0.500. The van der Waals surface area contributed by atoms with Crippen LogP contribution in [0.2, 0.25) is 0 Å². The largest absolute Gasteiger partial charge is 0.464 e. The van der Waals surface area contributed by atoms with E-state index < -0.39 is 0 Å². The fourth-order valence-electron chi connectivity index (χ4n) is 2.07. The van der Waals surface area contributed by atoms with Crippen molar-refractivity contribution in [1.82, 2.24) is 0 Å². The van der Waals surface area contributed by atoms with Crippen LogP contribution in [0.4, 0.5) is 0 Å². The van der Waals surface area contributed by atoms with Gasteiger partial charge < -0.3 is 4.42 Å². The van der Waals surface area contributed by atoms with Crippen molar-refractivity contribution < 1.29 is 4.42 Å². The predicted molar refractivity (Wildman–Crippen MR) is 73.6 cm³/mol. The van der Waals surface area contributed by atoms with Crippen LogP contribution < -0.4 is 0 Å². The second-order valence-corrected chi connectivity index (χ2v) is 6.86. The molecule has 0 radical (unpaired) electrons. The van der Waals surface area contributed by atoms with Crippen molar-refractivity contribution in [3.63, 3.8) is 0 Å². The number of hydrogen-bond donors (Lipinski definition) is 0. The van der Waals surface area contributed by atoms with Gasteiger partial charge >= 0.3 is 0 Å². The Morgan fingerprint density at radius 1 is 0.882 bits per heavy atom. The minimum absolute atomic E-state index is 0.108. The van der Waals surface area contributed by atoms with E-state index in [1.807, 2.05) is 0 Å². The maximum Gasteiger partial charge on any atom is 0.137 e. The van der Waals surface area contributed by atoms with Crippen molar-refractivity contribution in [3.05, 3.63) is 35.6 Å². The first-order valence-corrected chi connectivity index (χ1v) is 6.22. The third-order valence-corrected chi connectivity index (χ3v) is 3.23. The molecule has 0 amide bonds. The summed E-state index contributed by atoms with van der Waals surface area (Å²) in [7, 11) is 0. The van der Waals surface area contributed by atoms with Gasteiger partial charge in [-0.15, -0.1) is 0 Å². The standard InChI is InChI=1S/C16H22O/c1-15(2,3)12-9-11-7-8-17-14(11)13(10-12)16(4,5)6/h7-10H,1-6H3. The van der Waals surface area contributed by atoms with Crippen LogP contribution in [-0.2, 0) is 10.8 Å². The average molecular weight is 230 g/mol. The van der Waals surface area contributed by atoms with Gasteiger partial charge in [-0.3, -0.25) is 0 Å². The Morgan fingerprint density at radius 2 is 1.53 bits per heavy atom. The maximum absolute atomic E-state index is 5.64. The molecule has 0 unspecified atom stereocenters. The van der Waals surface area contributed by atoms with Crippen molar-refractivity contribution in [2.24, 2.45) is 0 Å². The lowest BCUT2D eigenvalue weighted by Crippen LogP contribution is -2.16. The van der Waals surface area contributed by atoms with E-state index in [1.165, 1.54) is 16.5 Å². The maximum atomic E-state index is 5.64. The van der Waals surface area contributed by atoms with Gasteiger partial charge in [-0.25, -0.2) is 0 Å². The van der Waals surface area contributed by atoms with E-state index in [9.17, 15) is 0 Å². The molecule has 1 heterocycles. The molecule has 0 atom stereocenters. The second-order valence-electron chi connectivity index (χ2n) is 6.86. The van der Waals surface area contributed by atoms with Crippen molar-refractivity contribution in [2.75, 3.05) is 0 Å². The molecule has 0 aliphatic carbocycles. The van der Waals surface area contributed by atoms with Crippen molar-refractivity contribution >= 4 is 11.0 Å². The van der Waals surface area contributed by atoms with Gasteiger partial charge in [0.15, 0.2) is 0 Å². The van der Waals surface area contributed by atoms with Gasteiger partial charge in [0.1, 0.15) is 5.58 Å². The third-order valence-electron chi connectivity index (χ3n) is 3.23. The highest BCUT2D eigenvalue weighted by Gasteiger charge is 2.23. The molecule has 0 aliphatic heterocycles. The quantitative estimate of drug-likeness (QED) is 0.618. The molecular weight excluding hydrogens is 208 g/mol. The molecule has 1 aromatic heterocycles. The first-order chi connectivity index (χ1) is 7.69. The zero-order valence-corrected chi connectivity index (χ0v) is 11.7. The Morgan fingerprint density at radius 3 is 2.06 bits per heavy atom. The van der Waals surface area contributed by atoms with E-state index >= 15 is 0 Å². The lowest BCUT2D eigenvalue weighted by molar-refractivity contribution is 0.550. The molecule has 0 saturated carbocycles. The van der Waals surface area contributed by atoms with Crippen LogP contribution in [0.3, 0.4) is 0 Å². The molecular formula is C16H22O. The van der Waals surface area contributed by atoms with Crippen LogP contribution in [0, 0.1) is 0 Å². The van der Waals surface area contributed by atoms with Gasteiger partial charge in [-0.1, -0.05) is 47.6 Å². The average Bonchev–Trinajstić information content (AvgIpc) is 2.59. The number of hydrogen-bond acceptors (Lipinski definition) is 1. The van der Waals surface area contributed by atoms with E-state index in [0.717, 1.165) is 5.58 Å². The Kier molecular flexibility index (Phi) is 2.61. The molecule has 0 fully saturated rings. The Hall–Kier alpha value is -1.24. The third kappa shape index (κ3) is 2.24. The summed E-state index contributed by atoms with van der Waals surface area (Å²) in [4.78, 5) is 0. The Labute approximate surface area is 104 Å². The molecule has 2 aromatic rings. The molecule has 0 saturated heterocycles. The summed E-state index contributed by atoms with van der Waals surface area (Å²) in [6.07, 6.45) is 1.78. The van der Waals surface area contributed by atoms with E-state index in [4.69, 9.17) is 4.42 Å². The van der Waals surface area contributed by atoms with Crippen molar-refractivity contribution in [3.8, 4) is 0 Å². The van der Waals surface area contributed by atoms with E-state index in [-0.39, 0.29) is 10.8 Å². The first kappa shape index (κ1) is 12.2. The number of rotatable bonds is 0. The topological polar surface area (TPSA) is 13.1 Å². The zero-order chi connectivity index (χ0) is 12.8. The van der Waals surface area contributed by atoms with Gasteiger partial charge in [0.2, 0.25) is 0 Å². The summed E-state index contributed by atoms with van der Waals surface area (Å²) < 4.78 is 5.64. The molecule has 0 spiro atoms. The summed E-state index contributed by atoms with van der Waals surface area (Å²) in [5.74, 6) is 0. The molecule has 92 valence electrons. The summed E-state index contributed by atoms with van der Waals surface area (Å²) >= 11 is 0. The number of fused-ring (bicyclic) bond motifs is 1. The van der Waals surface area contributed by atoms with Crippen LogP contribution in [0.5, 0.6) is 0 Å². The smallest absolute Gasteiger partial charge is 0.137 e. The van der Waals surface area contributed by atoms with E-state index in [0.29, 0.717) is 0 Å². The molecule has 1 heteroatoms. The second kappa shape index (κ2) is 3.63. The monoisotopic (exact) mass is 230 g/mol. The summed E-state index contributed by atoms with van der Waals surface area (Å²) in [6.45, 7) is 13.5. The van der Waals surface area contributed by atoms with Crippen LogP contribution >= 0.6 is 0 Å². The normalized spacial score (nSPS) is 13.3. The van der Waals surface area contributed by atoms with Crippen LogP contribution in [0.1, 0.15) is 52.7 Å². The van der Waals surface area contributed by atoms with Gasteiger partial charge in [0.25, 0.3) is 0 Å². The molecule has 1 nitrogen and oxygen atoms in total. The lowest BCUT2D eigenvalue weighted by atomic mass is 9.80. The van der Waals surface area contributed by atoms with E-state index in [1.54, 1.807) is 6.26 Å². The predicted octanol–water partition coefficient (Wildman–Crippen LogP) is 5.03. The van der Waals surface area contributed by atoms with Gasteiger partial charge in [-0.05, 0) is 28.5 Å². The minimum atomic E-state index is 0.108. The fourth-order valence-corrected chi connectivity index (χ4v) is 2.07. The molecule has 0 N–H and O–H groups in total. The molecule has 2 rings (SSSR count). The number of benzene rings is 1. The SMILES string of the molecule is CC(C)(C)c1cc(C(C)(C)C)c2occc2c1. The van der Waals surface area contributed by atoms with Crippen LogP contribution in [0.25, 0.3) is 11.0 Å². The highest BCUT2D eigenvalue weighted by Crippen LogP contribution is 2.35. The summed E-state index contributed by atoms with van der Waals surface area (Å²) in [5, 5.41) is 1.21. The molecule has 17 heavy (non-hydrogen) atoms. The van der Waals surface area contributed by atoms with Crippen molar-refractivity contribution in [1.29, 1.82) is 0 Å². The summed E-state index contributed by atoms with van der Waals surface area (Å²) in [6, 6.07) is 6.60. The van der Waals surface area contributed by atoms with E-state index in [2.05, 4.69) is 59.7 Å². The Balaban J connectivity index is 2.76. The van der Waals surface area contributed by atoms with Gasteiger partial charge in [-0.2, -0.15) is 0 Å². The molecule has 0 aliphatic rings. The lowest BCUT2D eigenvalue weighted by Gasteiger charge is -2.25. The number of furan rings is 1. The highest BCUT2D eigenvalue weighted by molar-refractivity contribution is 5.82. The van der Waals surface area contributed by atoms with Gasteiger partial charge in [0, 0.05) is 10.9 Å². The molecule has 0 bridgehead atoms. The van der Waals surface area contributed by atoms with Crippen LogP contribution in [-0.4, -0.2) is 0 Å². The molecule has 1 aromatic carbocycles.